The molecule has 130 valence electrons. The second-order valence-electron chi connectivity index (χ2n) is 6.11. The minimum Gasteiger partial charge on any atom is -0.338 e. The van der Waals surface area contributed by atoms with Gasteiger partial charge in [0.15, 0.2) is 11.6 Å². The van der Waals surface area contributed by atoms with Gasteiger partial charge in [0.1, 0.15) is 0 Å². The lowest BCUT2D eigenvalue weighted by Gasteiger charge is -2.38. The Kier molecular flexibility index (Phi) is 7.92. The van der Waals surface area contributed by atoms with E-state index in [-0.39, 0.29) is 30.4 Å². The van der Waals surface area contributed by atoms with Gasteiger partial charge in [0.05, 0.1) is 0 Å². The molecule has 2 rings (SSSR count). The Bertz CT molecular complexity index is 525. The summed E-state index contributed by atoms with van der Waals surface area (Å²) in [5, 5.41) is 0. The molecular formula is C17H25ClF2N2O. The van der Waals surface area contributed by atoms with Crippen molar-refractivity contribution in [2.75, 3.05) is 6.54 Å². The van der Waals surface area contributed by atoms with Crippen molar-refractivity contribution in [1.29, 1.82) is 0 Å². The van der Waals surface area contributed by atoms with Crippen LogP contribution in [0.4, 0.5) is 8.78 Å². The Labute approximate surface area is 142 Å². The van der Waals surface area contributed by atoms with Gasteiger partial charge in [0.2, 0.25) is 5.91 Å². The fourth-order valence-electron chi connectivity index (χ4n) is 3.10. The number of hydrogen-bond acceptors (Lipinski definition) is 2. The maximum Gasteiger partial charge on any atom is 0.222 e. The van der Waals surface area contributed by atoms with Gasteiger partial charge in [-0.25, -0.2) is 8.78 Å². The second-order valence-corrected chi connectivity index (χ2v) is 6.11. The number of amides is 1. The molecule has 2 atom stereocenters. The van der Waals surface area contributed by atoms with E-state index in [1.807, 2.05) is 11.8 Å². The predicted octanol–water partition coefficient (Wildman–Crippen LogP) is 3.44. The molecule has 1 aliphatic heterocycles. The average molecular weight is 347 g/mol. The third-order valence-corrected chi connectivity index (χ3v) is 4.32. The molecule has 0 spiro atoms. The van der Waals surface area contributed by atoms with Crippen LogP contribution in [-0.4, -0.2) is 29.4 Å². The summed E-state index contributed by atoms with van der Waals surface area (Å²) in [5.41, 5.74) is 6.69. The Hall–Kier alpha value is -1.20. The molecule has 0 saturated carbocycles. The van der Waals surface area contributed by atoms with Crippen LogP contribution >= 0.6 is 12.4 Å². The Morgan fingerprint density at radius 1 is 1.35 bits per heavy atom. The number of carbonyl (C=O) groups is 1. The van der Waals surface area contributed by atoms with Crippen LogP contribution in [0.5, 0.6) is 0 Å². The topological polar surface area (TPSA) is 46.3 Å². The number of piperidine rings is 1. The normalized spacial score (nSPS) is 19.1. The van der Waals surface area contributed by atoms with Crippen molar-refractivity contribution >= 4 is 18.3 Å². The first-order valence-electron chi connectivity index (χ1n) is 7.98. The number of nitrogens with two attached hydrogens (primary N) is 1. The van der Waals surface area contributed by atoms with Crippen molar-refractivity contribution in [3.05, 3.63) is 35.4 Å². The van der Waals surface area contributed by atoms with E-state index in [2.05, 4.69) is 0 Å². The minimum absolute atomic E-state index is 0. The van der Waals surface area contributed by atoms with Crippen LogP contribution in [0.1, 0.15) is 44.6 Å². The van der Waals surface area contributed by atoms with Gasteiger partial charge in [-0.05, 0) is 56.7 Å². The fourth-order valence-corrected chi connectivity index (χ4v) is 3.10. The molecule has 1 heterocycles. The lowest BCUT2D eigenvalue weighted by molar-refractivity contribution is -0.135. The summed E-state index contributed by atoms with van der Waals surface area (Å²) in [6.07, 6.45) is 4.73. The molecule has 1 aromatic carbocycles. The molecule has 0 aromatic heterocycles. The molecule has 0 radical (unpaired) electrons. The lowest BCUT2D eigenvalue weighted by Crippen LogP contribution is -2.51. The van der Waals surface area contributed by atoms with E-state index in [1.54, 1.807) is 6.07 Å². The molecule has 1 saturated heterocycles. The highest BCUT2D eigenvalue weighted by molar-refractivity contribution is 5.85. The van der Waals surface area contributed by atoms with E-state index in [0.29, 0.717) is 24.8 Å². The maximum absolute atomic E-state index is 13.1. The molecular weight excluding hydrogens is 322 g/mol. The highest BCUT2D eigenvalue weighted by Crippen LogP contribution is 2.21. The van der Waals surface area contributed by atoms with Gasteiger partial charge in [-0.2, -0.15) is 0 Å². The quantitative estimate of drug-likeness (QED) is 0.887. The zero-order valence-corrected chi connectivity index (χ0v) is 14.2. The zero-order valence-electron chi connectivity index (χ0n) is 13.4. The molecule has 23 heavy (non-hydrogen) atoms. The number of rotatable bonds is 5. The highest BCUT2D eigenvalue weighted by Gasteiger charge is 2.28. The summed E-state index contributed by atoms with van der Waals surface area (Å²) in [6, 6.07) is 4.00. The Morgan fingerprint density at radius 3 is 2.74 bits per heavy atom. The summed E-state index contributed by atoms with van der Waals surface area (Å²) in [4.78, 5) is 14.3. The Morgan fingerprint density at radius 2 is 2.09 bits per heavy atom. The molecule has 0 bridgehead atoms. The summed E-state index contributed by atoms with van der Waals surface area (Å²) >= 11 is 0. The molecule has 1 fully saturated rings. The van der Waals surface area contributed by atoms with Crippen molar-refractivity contribution in [2.24, 2.45) is 5.73 Å². The number of halogens is 3. The molecule has 6 heteroatoms. The number of benzene rings is 1. The van der Waals surface area contributed by atoms with Crippen LogP contribution in [-0.2, 0) is 11.2 Å². The maximum atomic E-state index is 13.1. The predicted molar refractivity (Wildman–Crippen MR) is 89.5 cm³/mol. The Balaban J connectivity index is 0.00000264. The summed E-state index contributed by atoms with van der Waals surface area (Å²) < 4.78 is 26.0. The largest absolute Gasteiger partial charge is 0.338 e. The van der Waals surface area contributed by atoms with Gasteiger partial charge < -0.3 is 10.6 Å². The van der Waals surface area contributed by atoms with Crippen LogP contribution in [0.3, 0.4) is 0 Å². The van der Waals surface area contributed by atoms with Crippen LogP contribution < -0.4 is 5.73 Å². The molecule has 1 aromatic rings. The minimum atomic E-state index is -0.840. The van der Waals surface area contributed by atoms with E-state index in [0.717, 1.165) is 31.9 Å². The van der Waals surface area contributed by atoms with E-state index in [1.165, 1.54) is 6.07 Å². The first-order chi connectivity index (χ1) is 10.5. The zero-order chi connectivity index (χ0) is 16.1. The van der Waals surface area contributed by atoms with Gasteiger partial charge in [-0.15, -0.1) is 12.4 Å². The molecule has 1 amide bonds. The van der Waals surface area contributed by atoms with Crippen LogP contribution in [0.2, 0.25) is 0 Å². The summed E-state index contributed by atoms with van der Waals surface area (Å²) in [6.45, 7) is 2.72. The number of nitrogens with zero attached hydrogens (tertiary/aromatic N) is 1. The molecule has 3 nitrogen and oxygen atoms in total. The van der Waals surface area contributed by atoms with Gasteiger partial charge in [-0.3, -0.25) is 4.79 Å². The first kappa shape index (κ1) is 19.8. The third kappa shape index (κ3) is 5.43. The van der Waals surface area contributed by atoms with E-state index in [4.69, 9.17) is 5.73 Å². The first-order valence-corrected chi connectivity index (χ1v) is 7.98. The third-order valence-electron chi connectivity index (χ3n) is 4.32. The van der Waals surface area contributed by atoms with E-state index >= 15 is 0 Å². The average Bonchev–Trinajstić information content (AvgIpc) is 2.50. The van der Waals surface area contributed by atoms with Gasteiger partial charge in [-0.1, -0.05) is 6.07 Å². The van der Waals surface area contributed by atoms with Gasteiger partial charge in [0, 0.05) is 25.0 Å². The SMILES string of the molecule is CC(N)C1CCCCN1C(=O)CCCc1ccc(F)c(F)c1.Cl. The van der Waals surface area contributed by atoms with E-state index < -0.39 is 11.6 Å². The van der Waals surface area contributed by atoms with Crippen LogP contribution in [0.15, 0.2) is 18.2 Å². The molecule has 2 N–H and O–H groups in total. The highest BCUT2D eigenvalue weighted by atomic mass is 35.5. The van der Waals surface area contributed by atoms with E-state index in [9.17, 15) is 13.6 Å². The van der Waals surface area contributed by atoms with Gasteiger partial charge >= 0.3 is 0 Å². The molecule has 2 unspecified atom stereocenters. The van der Waals surface area contributed by atoms with Crippen molar-refractivity contribution < 1.29 is 13.6 Å². The second kappa shape index (κ2) is 9.18. The van der Waals surface area contributed by atoms with Gasteiger partial charge in [0.25, 0.3) is 0 Å². The standard InChI is InChI=1S/C17H24F2N2O.ClH/c1-12(20)16-6-2-3-10-21(16)17(22)7-4-5-13-8-9-14(18)15(19)11-13;/h8-9,11-12,16H,2-7,10,20H2,1H3;1H. The number of carbonyl (C=O) groups excluding carboxylic acids is 1. The van der Waals surface area contributed by atoms with Crippen LogP contribution in [0, 0.1) is 11.6 Å². The number of aryl methyl sites for hydroxylation is 1. The van der Waals surface area contributed by atoms with Crippen molar-refractivity contribution in [3.63, 3.8) is 0 Å². The smallest absolute Gasteiger partial charge is 0.222 e. The summed E-state index contributed by atoms with van der Waals surface area (Å²) in [7, 11) is 0. The van der Waals surface area contributed by atoms with Crippen molar-refractivity contribution in [1.82, 2.24) is 4.90 Å². The number of likely N-dealkylation sites (tertiary alicyclic amines) is 1. The van der Waals surface area contributed by atoms with Crippen molar-refractivity contribution in [3.8, 4) is 0 Å². The molecule has 0 aliphatic carbocycles. The van der Waals surface area contributed by atoms with Crippen molar-refractivity contribution in [2.45, 2.75) is 57.5 Å². The summed E-state index contributed by atoms with van der Waals surface area (Å²) in [5.74, 6) is -1.56. The number of hydrogen-bond donors (Lipinski definition) is 1. The fraction of sp³-hybridized carbons (Fsp3) is 0.588. The lowest BCUT2D eigenvalue weighted by atomic mass is 9.96. The van der Waals surface area contributed by atoms with Crippen LogP contribution in [0.25, 0.3) is 0 Å². The molecule has 1 aliphatic rings. The monoisotopic (exact) mass is 346 g/mol.